The number of anilines is 1. The third-order valence-electron chi connectivity index (χ3n) is 2.26. The maximum Gasteiger partial charge on any atom is 0.338 e. The molecular formula is C11H16N4O3. The number of aromatic carboxylic acids is 1. The van der Waals surface area contributed by atoms with Gasteiger partial charge in [-0.1, -0.05) is 0 Å². The Balaban J connectivity index is 2.76. The summed E-state index contributed by atoms with van der Waals surface area (Å²) in [7, 11) is 0. The molecule has 0 radical (unpaired) electrons. The molecular weight excluding hydrogens is 236 g/mol. The lowest BCUT2D eigenvalue weighted by Gasteiger charge is -2.19. The second-order valence-electron chi connectivity index (χ2n) is 3.54. The van der Waals surface area contributed by atoms with E-state index in [0.717, 1.165) is 0 Å². The van der Waals surface area contributed by atoms with Crippen LogP contribution in [0.1, 0.15) is 24.2 Å². The van der Waals surface area contributed by atoms with Crippen LogP contribution in [0.3, 0.4) is 0 Å². The Labute approximate surface area is 105 Å². The Hall–Kier alpha value is -2.18. The van der Waals surface area contributed by atoms with Gasteiger partial charge in [-0.3, -0.25) is 4.79 Å². The van der Waals surface area contributed by atoms with Gasteiger partial charge in [0.2, 0.25) is 11.9 Å². The number of likely N-dealkylation sites (N-methyl/N-ethyl adjacent to an activating group) is 2. The number of nitrogens with zero attached hydrogens (tertiary/aromatic N) is 3. The molecule has 1 amide bonds. The zero-order valence-electron chi connectivity index (χ0n) is 10.4. The molecule has 7 nitrogen and oxygen atoms in total. The van der Waals surface area contributed by atoms with E-state index in [1.54, 1.807) is 4.90 Å². The summed E-state index contributed by atoms with van der Waals surface area (Å²) in [5.74, 6) is -0.854. The quantitative estimate of drug-likeness (QED) is 0.747. The number of carbonyl (C=O) groups excluding carboxylic acids is 1. The molecule has 0 aliphatic carbocycles. The van der Waals surface area contributed by atoms with Crippen molar-refractivity contribution in [3.05, 3.63) is 18.0 Å². The van der Waals surface area contributed by atoms with Gasteiger partial charge in [0.1, 0.15) is 0 Å². The number of hydrogen-bond donors (Lipinski definition) is 2. The van der Waals surface area contributed by atoms with Crippen LogP contribution in [0.4, 0.5) is 5.95 Å². The second-order valence-corrected chi connectivity index (χ2v) is 3.54. The van der Waals surface area contributed by atoms with E-state index >= 15 is 0 Å². The summed E-state index contributed by atoms with van der Waals surface area (Å²) in [6.45, 7) is 4.98. The van der Waals surface area contributed by atoms with Crippen molar-refractivity contribution in [2.45, 2.75) is 13.8 Å². The number of carbonyl (C=O) groups is 2. The van der Waals surface area contributed by atoms with Gasteiger partial charge in [-0.05, 0) is 13.8 Å². The van der Waals surface area contributed by atoms with Gasteiger partial charge in [-0.15, -0.1) is 0 Å². The van der Waals surface area contributed by atoms with E-state index in [9.17, 15) is 9.59 Å². The first kappa shape index (κ1) is 13.9. The van der Waals surface area contributed by atoms with Gasteiger partial charge in [-0.25, -0.2) is 14.8 Å². The molecule has 0 bridgehead atoms. The molecule has 0 spiro atoms. The van der Waals surface area contributed by atoms with E-state index < -0.39 is 5.97 Å². The minimum atomic E-state index is -1.08. The Bertz CT molecular complexity index is 419. The maximum atomic E-state index is 11.5. The lowest BCUT2D eigenvalue weighted by atomic mass is 10.3. The molecule has 0 saturated carbocycles. The van der Waals surface area contributed by atoms with Crippen LogP contribution in [0.5, 0.6) is 0 Å². The van der Waals surface area contributed by atoms with Crippen molar-refractivity contribution >= 4 is 17.8 Å². The smallest absolute Gasteiger partial charge is 0.338 e. The van der Waals surface area contributed by atoms with Crippen LogP contribution < -0.4 is 10.2 Å². The summed E-state index contributed by atoms with van der Waals surface area (Å²) in [5.41, 5.74) is 0.0211. The van der Waals surface area contributed by atoms with Gasteiger partial charge in [0.25, 0.3) is 0 Å². The summed E-state index contributed by atoms with van der Waals surface area (Å²) < 4.78 is 0. The van der Waals surface area contributed by atoms with Crippen LogP contribution in [0.2, 0.25) is 0 Å². The average Bonchev–Trinajstić information content (AvgIpc) is 2.36. The van der Waals surface area contributed by atoms with Crippen LogP contribution in [-0.2, 0) is 4.79 Å². The molecule has 1 aromatic rings. The predicted octanol–water partition coefficient (Wildman–Crippen LogP) is 0.137. The van der Waals surface area contributed by atoms with Crippen LogP contribution in [-0.4, -0.2) is 46.6 Å². The summed E-state index contributed by atoms with van der Waals surface area (Å²) in [4.78, 5) is 31.7. The maximum absolute atomic E-state index is 11.5. The van der Waals surface area contributed by atoms with Gasteiger partial charge in [0, 0.05) is 25.5 Å². The molecule has 0 aromatic carbocycles. The number of hydrogen-bond acceptors (Lipinski definition) is 5. The highest BCUT2D eigenvalue weighted by atomic mass is 16.4. The molecule has 0 aliphatic heterocycles. The highest BCUT2D eigenvalue weighted by molar-refractivity contribution is 5.87. The van der Waals surface area contributed by atoms with Gasteiger partial charge >= 0.3 is 5.97 Å². The van der Waals surface area contributed by atoms with Gasteiger partial charge < -0.3 is 15.3 Å². The zero-order valence-corrected chi connectivity index (χ0v) is 10.4. The third-order valence-corrected chi connectivity index (χ3v) is 2.26. The molecule has 18 heavy (non-hydrogen) atoms. The van der Waals surface area contributed by atoms with Crippen LogP contribution >= 0.6 is 0 Å². The first-order chi connectivity index (χ1) is 8.58. The summed E-state index contributed by atoms with van der Waals surface area (Å²) in [6.07, 6.45) is 2.45. The monoisotopic (exact) mass is 252 g/mol. The molecule has 1 heterocycles. The highest BCUT2D eigenvalue weighted by Gasteiger charge is 2.12. The molecule has 0 unspecified atom stereocenters. The standard InChI is InChI=1S/C11H16N4O3/c1-3-12-9(16)7-15(4-2)11-13-5-8(6-14-11)10(17)18/h5-6H,3-4,7H2,1-2H3,(H,12,16)(H,17,18). The van der Waals surface area contributed by atoms with Crippen LogP contribution in [0, 0.1) is 0 Å². The lowest BCUT2D eigenvalue weighted by Crippen LogP contribution is -2.38. The minimum absolute atomic E-state index is 0.0211. The number of carboxylic acid groups (broad SMARTS) is 1. The van der Waals surface area contributed by atoms with Crippen molar-refractivity contribution in [3.8, 4) is 0 Å². The zero-order chi connectivity index (χ0) is 13.5. The third kappa shape index (κ3) is 3.69. The summed E-state index contributed by atoms with van der Waals surface area (Å²) in [5, 5.41) is 11.4. The number of nitrogens with one attached hydrogen (secondary N) is 1. The number of amides is 1. The summed E-state index contributed by atoms with van der Waals surface area (Å²) >= 11 is 0. The number of rotatable bonds is 6. The Morgan fingerprint density at radius 3 is 2.39 bits per heavy atom. The topological polar surface area (TPSA) is 95.4 Å². The van der Waals surface area contributed by atoms with Crippen molar-refractivity contribution in [2.75, 3.05) is 24.5 Å². The normalized spacial score (nSPS) is 9.89. The van der Waals surface area contributed by atoms with Crippen molar-refractivity contribution in [3.63, 3.8) is 0 Å². The van der Waals surface area contributed by atoms with E-state index in [1.807, 2.05) is 13.8 Å². The van der Waals surface area contributed by atoms with Gasteiger partial charge in [-0.2, -0.15) is 0 Å². The van der Waals surface area contributed by atoms with E-state index in [0.29, 0.717) is 19.0 Å². The molecule has 0 saturated heterocycles. The molecule has 0 fully saturated rings. The fourth-order valence-electron chi connectivity index (χ4n) is 1.35. The first-order valence-electron chi connectivity index (χ1n) is 5.65. The largest absolute Gasteiger partial charge is 0.478 e. The van der Waals surface area contributed by atoms with E-state index in [-0.39, 0.29) is 18.0 Å². The highest BCUT2D eigenvalue weighted by Crippen LogP contribution is 2.06. The molecule has 1 rings (SSSR count). The molecule has 7 heteroatoms. The van der Waals surface area contributed by atoms with Crippen molar-refractivity contribution in [1.29, 1.82) is 0 Å². The van der Waals surface area contributed by atoms with E-state index in [4.69, 9.17) is 5.11 Å². The van der Waals surface area contributed by atoms with Gasteiger partial charge in [0.05, 0.1) is 12.1 Å². The van der Waals surface area contributed by atoms with Crippen molar-refractivity contribution in [2.24, 2.45) is 0 Å². The number of carboxylic acids is 1. The molecule has 2 N–H and O–H groups in total. The number of aromatic nitrogens is 2. The second kappa shape index (κ2) is 6.53. The van der Waals surface area contributed by atoms with E-state index in [1.165, 1.54) is 12.4 Å². The van der Waals surface area contributed by atoms with Gasteiger partial charge in [0.15, 0.2) is 0 Å². The SMILES string of the molecule is CCNC(=O)CN(CC)c1ncc(C(=O)O)cn1. The van der Waals surface area contributed by atoms with Crippen LogP contribution in [0.25, 0.3) is 0 Å². The minimum Gasteiger partial charge on any atom is -0.478 e. The first-order valence-corrected chi connectivity index (χ1v) is 5.65. The Kier molecular flexibility index (Phi) is 5.04. The molecule has 98 valence electrons. The Morgan fingerprint density at radius 2 is 1.94 bits per heavy atom. The molecule has 0 aliphatic rings. The molecule has 0 atom stereocenters. The van der Waals surface area contributed by atoms with Crippen LogP contribution in [0.15, 0.2) is 12.4 Å². The summed E-state index contributed by atoms with van der Waals surface area (Å²) in [6, 6.07) is 0. The van der Waals surface area contributed by atoms with E-state index in [2.05, 4.69) is 15.3 Å². The van der Waals surface area contributed by atoms with Crippen molar-refractivity contribution in [1.82, 2.24) is 15.3 Å². The Morgan fingerprint density at radius 1 is 1.33 bits per heavy atom. The fraction of sp³-hybridized carbons (Fsp3) is 0.455. The predicted molar refractivity (Wildman–Crippen MR) is 65.6 cm³/mol. The lowest BCUT2D eigenvalue weighted by molar-refractivity contribution is -0.119. The average molecular weight is 252 g/mol. The fourth-order valence-corrected chi connectivity index (χ4v) is 1.35. The van der Waals surface area contributed by atoms with Crippen molar-refractivity contribution < 1.29 is 14.7 Å². The molecule has 1 aromatic heterocycles.